The standard InChI is InChI=1S/C12H14O/c1-13-12-8-7-10-5-3-2-4-6-11(10)9-12/h2-3,7-9H,4-6H2,1H3. The summed E-state index contributed by atoms with van der Waals surface area (Å²) in [5.41, 5.74) is 2.87. The quantitative estimate of drug-likeness (QED) is 0.595. The van der Waals surface area contributed by atoms with E-state index in [0.717, 1.165) is 25.0 Å². The van der Waals surface area contributed by atoms with Crippen LogP contribution in [0.2, 0.25) is 0 Å². The molecule has 0 fully saturated rings. The molecule has 0 heterocycles. The molecule has 0 unspecified atom stereocenters. The SMILES string of the molecule is COc1ccc2c(c1)CCC=CC2. The van der Waals surface area contributed by atoms with Gasteiger partial charge in [-0.1, -0.05) is 18.2 Å². The number of hydrogen-bond donors (Lipinski definition) is 0. The van der Waals surface area contributed by atoms with Crippen molar-refractivity contribution in [2.75, 3.05) is 7.11 Å². The zero-order chi connectivity index (χ0) is 9.10. The van der Waals surface area contributed by atoms with Crippen molar-refractivity contribution in [3.05, 3.63) is 41.5 Å². The van der Waals surface area contributed by atoms with E-state index in [4.69, 9.17) is 4.74 Å². The van der Waals surface area contributed by atoms with Gasteiger partial charge in [0.2, 0.25) is 0 Å². The van der Waals surface area contributed by atoms with Crippen molar-refractivity contribution in [3.8, 4) is 5.75 Å². The van der Waals surface area contributed by atoms with Crippen LogP contribution in [0, 0.1) is 0 Å². The molecule has 0 amide bonds. The molecule has 0 saturated carbocycles. The van der Waals surface area contributed by atoms with Crippen LogP contribution in [0.5, 0.6) is 5.75 Å². The van der Waals surface area contributed by atoms with Crippen LogP contribution < -0.4 is 4.74 Å². The Kier molecular flexibility index (Phi) is 2.35. The van der Waals surface area contributed by atoms with E-state index in [9.17, 15) is 0 Å². The van der Waals surface area contributed by atoms with Crippen LogP contribution in [-0.2, 0) is 12.8 Å². The summed E-state index contributed by atoms with van der Waals surface area (Å²) in [4.78, 5) is 0. The highest BCUT2D eigenvalue weighted by molar-refractivity contribution is 5.37. The predicted octanol–water partition coefficient (Wildman–Crippen LogP) is 2.74. The molecule has 0 saturated heterocycles. The van der Waals surface area contributed by atoms with Gasteiger partial charge in [0.15, 0.2) is 0 Å². The van der Waals surface area contributed by atoms with Crippen molar-refractivity contribution >= 4 is 0 Å². The lowest BCUT2D eigenvalue weighted by molar-refractivity contribution is 0.414. The van der Waals surface area contributed by atoms with E-state index in [0.29, 0.717) is 0 Å². The van der Waals surface area contributed by atoms with Crippen LogP contribution in [0.3, 0.4) is 0 Å². The highest BCUT2D eigenvalue weighted by Crippen LogP contribution is 2.21. The Morgan fingerprint density at radius 1 is 1.15 bits per heavy atom. The van der Waals surface area contributed by atoms with Crippen LogP contribution >= 0.6 is 0 Å². The molecular weight excluding hydrogens is 160 g/mol. The summed E-state index contributed by atoms with van der Waals surface area (Å²) in [6.45, 7) is 0. The van der Waals surface area contributed by atoms with E-state index in [1.165, 1.54) is 11.1 Å². The minimum Gasteiger partial charge on any atom is -0.497 e. The number of methoxy groups -OCH3 is 1. The van der Waals surface area contributed by atoms with E-state index in [-0.39, 0.29) is 0 Å². The van der Waals surface area contributed by atoms with E-state index in [1.54, 1.807) is 7.11 Å². The second-order valence-corrected chi connectivity index (χ2v) is 3.35. The molecule has 1 aromatic rings. The Bertz CT molecular complexity index is 326. The van der Waals surface area contributed by atoms with Gasteiger partial charge >= 0.3 is 0 Å². The average molecular weight is 174 g/mol. The predicted molar refractivity (Wildman–Crippen MR) is 54.2 cm³/mol. The zero-order valence-corrected chi connectivity index (χ0v) is 7.92. The molecule has 0 spiro atoms. The second-order valence-electron chi connectivity index (χ2n) is 3.35. The third-order valence-corrected chi connectivity index (χ3v) is 2.50. The van der Waals surface area contributed by atoms with E-state index in [2.05, 4.69) is 24.3 Å². The van der Waals surface area contributed by atoms with Gasteiger partial charge in [-0.05, 0) is 42.5 Å². The zero-order valence-electron chi connectivity index (χ0n) is 7.92. The van der Waals surface area contributed by atoms with Crippen molar-refractivity contribution in [2.24, 2.45) is 0 Å². The third-order valence-electron chi connectivity index (χ3n) is 2.50. The van der Waals surface area contributed by atoms with Gasteiger partial charge in [0.25, 0.3) is 0 Å². The highest BCUT2D eigenvalue weighted by atomic mass is 16.5. The number of aryl methyl sites for hydroxylation is 1. The van der Waals surface area contributed by atoms with Gasteiger partial charge in [0, 0.05) is 0 Å². The summed E-state index contributed by atoms with van der Waals surface area (Å²) in [5.74, 6) is 0.973. The first kappa shape index (κ1) is 8.36. The maximum absolute atomic E-state index is 5.20. The lowest BCUT2D eigenvalue weighted by Gasteiger charge is -2.07. The van der Waals surface area contributed by atoms with Crippen molar-refractivity contribution in [1.82, 2.24) is 0 Å². The minimum absolute atomic E-state index is 0.973. The van der Waals surface area contributed by atoms with Gasteiger partial charge in [0.1, 0.15) is 5.75 Å². The van der Waals surface area contributed by atoms with Gasteiger partial charge in [-0.2, -0.15) is 0 Å². The number of hydrogen-bond acceptors (Lipinski definition) is 1. The minimum atomic E-state index is 0.973. The highest BCUT2D eigenvalue weighted by Gasteiger charge is 2.04. The van der Waals surface area contributed by atoms with Crippen molar-refractivity contribution in [1.29, 1.82) is 0 Å². The summed E-state index contributed by atoms with van der Waals surface area (Å²) in [5, 5.41) is 0. The summed E-state index contributed by atoms with van der Waals surface area (Å²) in [6.07, 6.45) is 7.87. The lowest BCUT2D eigenvalue weighted by atomic mass is 10.0. The van der Waals surface area contributed by atoms with Gasteiger partial charge in [-0.25, -0.2) is 0 Å². The smallest absolute Gasteiger partial charge is 0.119 e. The molecule has 0 aromatic heterocycles. The molecule has 0 radical (unpaired) electrons. The van der Waals surface area contributed by atoms with Gasteiger partial charge in [-0.15, -0.1) is 0 Å². The van der Waals surface area contributed by atoms with Crippen LogP contribution in [0.25, 0.3) is 0 Å². The average Bonchev–Trinajstić information content (AvgIpc) is 2.41. The van der Waals surface area contributed by atoms with Crippen molar-refractivity contribution in [2.45, 2.75) is 19.3 Å². The number of allylic oxidation sites excluding steroid dienone is 2. The normalized spacial score (nSPS) is 14.8. The summed E-state index contributed by atoms with van der Waals surface area (Å²) >= 11 is 0. The molecule has 68 valence electrons. The first-order chi connectivity index (χ1) is 6.40. The Balaban J connectivity index is 2.36. The Labute approximate surface area is 79.0 Å². The monoisotopic (exact) mass is 174 g/mol. The fourth-order valence-electron chi connectivity index (χ4n) is 1.73. The van der Waals surface area contributed by atoms with Gasteiger partial charge in [0.05, 0.1) is 7.11 Å². The third kappa shape index (κ3) is 1.74. The number of rotatable bonds is 1. The summed E-state index contributed by atoms with van der Waals surface area (Å²) in [6, 6.07) is 6.37. The fraction of sp³-hybridized carbons (Fsp3) is 0.333. The molecule has 1 aliphatic carbocycles. The molecule has 1 aliphatic rings. The molecule has 1 heteroatoms. The molecule has 2 rings (SSSR count). The maximum atomic E-state index is 5.20. The second kappa shape index (κ2) is 3.65. The lowest BCUT2D eigenvalue weighted by Crippen LogP contribution is -1.92. The Morgan fingerprint density at radius 3 is 2.92 bits per heavy atom. The fourth-order valence-corrected chi connectivity index (χ4v) is 1.73. The molecular formula is C12H14O. The van der Waals surface area contributed by atoms with Crippen LogP contribution in [0.1, 0.15) is 17.5 Å². The molecule has 1 aromatic carbocycles. The maximum Gasteiger partial charge on any atom is 0.119 e. The molecule has 0 bridgehead atoms. The summed E-state index contributed by atoms with van der Waals surface area (Å²) in [7, 11) is 1.72. The Hall–Kier alpha value is -1.24. The van der Waals surface area contributed by atoms with Crippen LogP contribution in [0.15, 0.2) is 30.4 Å². The van der Waals surface area contributed by atoms with Gasteiger partial charge < -0.3 is 4.74 Å². The van der Waals surface area contributed by atoms with Gasteiger partial charge in [-0.3, -0.25) is 0 Å². The van der Waals surface area contributed by atoms with Crippen molar-refractivity contribution < 1.29 is 4.74 Å². The molecule has 0 N–H and O–H groups in total. The number of benzene rings is 1. The summed E-state index contributed by atoms with van der Waals surface area (Å²) < 4.78 is 5.20. The number of fused-ring (bicyclic) bond motifs is 1. The number of ether oxygens (including phenoxy) is 1. The first-order valence-corrected chi connectivity index (χ1v) is 4.71. The largest absolute Gasteiger partial charge is 0.497 e. The van der Waals surface area contributed by atoms with E-state index >= 15 is 0 Å². The van der Waals surface area contributed by atoms with Crippen LogP contribution in [0.4, 0.5) is 0 Å². The molecule has 0 aliphatic heterocycles. The van der Waals surface area contributed by atoms with Crippen molar-refractivity contribution in [3.63, 3.8) is 0 Å². The topological polar surface area (TPSA) is 9.23 Å². The van der Waals surface area contributed by atoms with E-state index < -0.39 is 0 Å². The van der Waals surface area contributed by atoms with E-state index in [1.807, 2.05) is 6.07 Å². The first-order valence-electron chi connectivity index (χ1n) is 4.71. The Morgan fingerprint density at radius 2 is 2.08 bits per heavy atom. The van der Waals surface area contributed by atoms with Crippen LogP contribution in [-0.4, -0.2) is 7.11 Å². The molecule has 0 atom stereocenters. The molecule has 13 heavy (non-hydrogen) atoms. The molecule has 1 nitrogen and oxygen atoms in total.